The van der Waals surface area contributed by atoms with Gasteiger partial charge >= 0.3 is 0 Å². The van der Waals surface area contributed by atoms with E-state index in [1.807, 2.05) is 36.4 Å². The van der Waals surface area contributed by atoms with Crippen molar-refractivity contribution in [3.8, 4) is 5.75 Å². The molecule has 1 aromatic heterocycles. The van der Waals surface area contributed by atoms with Crippen LogP contribution >= 0.6 is 0 Å². The number of rotatable bonds is 3. The Kier molecular flexibility index (Phi) is 4.98. The molecular formula is C30H30N2O2. The van der Waals surface area contributed by atoms with Gasteiger partial charge in [-0.2, -0.15) is 0 Å². The Morgan fingerprint density at radius 1 is 1.06 bits per heavy atom. The van der Waals surface area contributed by atoms with E-state index in [9.17, 15) is 4.79 Å². The molecule has 1 saturated heterocycles. The fourth-order valence-electron chi connectivity index (χ4n) is 6.29. The molecule has 4 nitrogen and oxygen atoms in total. The van der Waals surface area contributed by atoms with E-state index in [0.717, 1.165) is 43.7 Å². The minimum absolute atomic E-state index is 0.0229. The molecule has 172 valence electrons. The van der Waals surface area contributed by atoms with E-state index in [1.165, 1.54) is 33.3 Å². The van der Waals surface area contributed by atoms with Gasteiger partial charge in [0.2, 0.25) is 0 Å². The second-order valence-corrected chi connectivity index (χ2v) is 9.96. The van der Waals surface area contributed by atoms with Gasteiger partial charge in [0.05, 0.1) is 7.11 Å². The molecule has 6 rings (SSSR count). The Morgan fingerprint density at radius 3 is 2.74 bits per heavy atom. The third-order valence-corrected chi connectivity index (χ3v) is 8.10. The number of ether oxygens (including phenoxy) is 1. The van der Waals surface area contributed by atoms with Crippen molar-refractivity contribution in [3.63, 3.8) is 0 Å². The molecule has 4 aromatic rings. The number of methoxy groups -OCH3 is 1. The fourth-order valence-corrected chi connectivity index (χ4v) is 6.29. The number of aromatic nitrogens is 1. The van der Waals surface area contributed by atoms with Gasteiger partial charge in [0.25, 0.3) is 5.91 Å². The molecule has 1 N–H and O–H groups in total. The highest BCUT2D eigenvalue weighted by Gasteiger charge is 2.49. The first-order chi connectivity index (χ1) is 16.6. The van der Waals surface area contributed by atoms with E-state index >= 15 is 0 Å². The van der Waals surface area contributed by atoms with Gasteiger partial charge in [0, 0.05) is 40.7 Å². The van der Waals surface area contributed by atoms with Gasteiger partial charge in [0.1, 0.15) is 5.75 Å². The number of H-pyrrole nitrogens is 1. The lowest BCUT2D eigenvalue weighted by Crippen LogP contribution is -2.55. The number of aromatic amines is 1. The molecule has 0 bridgehead atoms. The summed E-state index contributed by atoms with van der Waals surface area (Å²) in [6.45, 7) is 3.68. The highest BCUT2D eigenvalue weighted by molar-refractivity contribution is 5.94. The molecule has 0 saturated carbocycles. The monoisotopic (exact) mass is 450 g/mol. The summed E-state index contributed by atoms with van der Waals surface area (Å²) in [7, 11) is 1.73. The number of piperidine rings is 1. The summed E-state index contributed by atoms with van der Waals surface area (Å²) >= 11 is 0. The zero-order chi connectivity index (χ0) is 23.3. The van der Waals surface area contributed by atoms with Gasteiger partial charge in [0.15, 0.2) is 0 Å². The maximum absolute atomic E-state index is 13.4. The predicted molar refractivity (Wildman–Crippen MR) is 136 cm³/mol. The van der Waals surface area contributed by atoms with E-state index < -0.39 is 0 Å². The molecule has 1 amide bonds. The zero-order valence-electron chi connectivity index (χ0n) is 19.8. The molecule has 2 aliphatic rings. The molecule has 34 heavy (non-hydrogen) atoms. The lowest BCUT2D eigenvalue weighted by atomic mass is 9.58. The van der Waals surface area contributed by atoms with Crippen molar-refractivity contribution in [1.29, 1.82) is 0 Å². The molecule has 3 aromatic carbocycles. The van der Waals surface area contributed by atoms with Crippen LogP contribution in [0.2, 0.25) is 0 Å². The molecule has 2 heterocycles. The predicted octanol–water partition coefficient (Wildman–Crippen LogP) is 5.68. The summed E-state index contributed by atoms with van der Waals surface area (Å²) in [4.78, 5) is 19.2. The van der Waals surface area contributed by atoms with Gasteiger partial charge < -0.3 is 14.6 Å². The summed E-state index contributed by atoms with van der Waals surface area (Å²) in [6, 6.07) is 25.0. The lowest BCUT2D eigenvalue weighted by Gasteiger charge is -2.51. The number of hydrogen-bond donors (Lipinski definition) is 1. The summed E-state index contributed by atoms with van der Waals surface area (Å²) in [5.41, 5.74) is 7.35. The molecule has 1 aliphatic heterocycles. The van der Waals surface area contributed by atoms with Crippen LogP contribution < -0.4 is 4.74 Å². The van der Waals surface area contributed by atoms with Gasteiger partial charge in [-0.1, -0.05) is 42.0 Å². The Bertz CT molecular complexity index is 1370. The van der Waals surface area contributed by atoms with Crippen LogP contribution in [0.15, 0.2) is 72.8 Å². The van der Waals surface area contributed by atoms with Crippen LogP contribution in [0.4, 0.5) is 0 Å². The third kappa shape index (κ3) is 3.32. The quantitative estimate of drug-likeness (QED) is 0.436. The van der Waals surface area contributed by atoms with E-state index in [-0.39, 0.29) is 11.3 Å². The van der Waals surface area contributed by atoms with Crippen LogP contribution in [-0.4, -0.2) is 36.0 Å². The number of carbonyl (C=O) groups is 1. The highest BCUT2D eigenvalue weighted by atomic mass is 16.5. The van der Waals surface area contributed by atoms with Crippen molar-refractivity contribution in [1.82, 2.24) is 9.88 Å². The topological polar surface area (TPSA) is 45.3 Å². The summed E-state index contributed by atoms with van der Waals surface area (Å²) in [6.07, 6.45) is 2.87. The van der Waals surface area contributed by atoms with E-state index in [4.69, 9.17) is 4.74 Å². The first kappa shape index (κ1) is 21.0. The van der Waals surface area contributed by atoms with Crippen molar-refractivity contribution in [3.05, 3.63) is 101 Å². The van der Waals surface area contributed by atoms with Crippen molar-refractivity contribution < 1.29 is 9.53 Å². The van der Waals surface area contributed by atoms with Crippen molar-refractivity contribution >= 4 is 16.8 Å². The van der Waals surface area contributed by atoms with Crippen LogP contribution in [-0.2, 0) is 18.3 Å². The molecule has 0 spiro atoms. The lowest BCUT2D eigenvalue weighted by molar-refractivity contribution is 0.0501. The average Bonchev–Trinajstić information content (AvgIpc) is 3.23. The van der Waals surface area contributed by atoms with Crippen LogP contribution in [0, 0.1) is 12.8 Å². The Balaban J connectivity index is 1.44. The number of aryl methyl sites for hydroxylation is 1. The van der Waals surface area contributed by atoms with Gasteiger partial charge in [-0.15, -0.1) is 0 Å². The number of carbonyl (C=O) groups excluding carboxylic acids is 1. The van der Waals surface area contributed by atoms with E-state index in [2.05, 4.69) is 53.2 Å². The molecule has 1 aliphatic carbocycles. The standard InChI is InChI=1S/C30H30N2O2/c1-20-11-12-27-25(15-20)26-17-23-19-32(29(33)21-7-4-3-5-8-21)14-13-30(23,18-28(26)31-27)22-9-6-10-24(16-22)34-2/h3-12,15-16,23,31H,13-14,17-19H2,1-2H3/t23?,30-/m1/s1. The SMILES string of the molecule is COc1cccc([C@]23CCN(C(=O)c4ccccc4)CC2Cc2c([nH]c4ccc(C)cc24)C3)c1. The molecular weight excluding hydrogens is 420 g/mol. The maximum atomic E-state index is 13.4. The van der Waals surface area contributed by atoms with Gasteiger partial charge in [-0.25, -0.2) is 0 Å². The van der Waals surface area contributed by atoms with Crippen LogP contribution in [0.25, 0.3) is 10.9 Å². The number of nitrogens with one attached hydrogen (secondary N) is 1. The maximum Gasteiger partial charge on any atom is 0.253 e. The molecule has 1 fully saturated rings. The number of likely N-dealkylation sites (tertiary alicyclic amines) is 1. The van der Waals surface area contributed by atoms with Crippen LogP contribution in [0.5, 0.6) is 5.75 Å². The Morgan fingerprint density at radius 2 is 1.91 bits per heavy atom. The summed E-state index contributed by atoms with van der Waals surface area (Å²) in [5, 5.41) is 1.33. The number of hydrogen-bond acceptors (Lipinski definition) is 2. The number of benzene rings is 3. The highest BCUT2D eigenvalue weighted by Crippen LogP contribution is 2.49. The minimum atomic E-state index is -0.0229. The molecule has 0 radical (unpaired) electrons. The second-order valence-electron chi connectivity index (χ2n) is 9.96. The largest absolute Gasteiger partial charge is 0.497 e. The van der Waals surface area contributed by atoms with Crippen LogP contribution in [0.1, 0.15) is 39.2 Å². The molecule has 4 heteroatoms. The van der Waals surface area contributed by atoms with Crippen molar-refractivity contribution in [2.75, 3.05) is 20.2 Å². The Labute approximate surface area is 200 Å². The number of fused-ring (bicyclic) bond motifs is 4. The van der Waals surface area contributed by atoms with Crippen molar-refractivity contribution in [2.24, 2.45) is 5.92 Å². The smallest absolute Gasteiger partial charge is 0.253 e. The minimum Gasteiger partial charge on any atom is -0.497 e. The first-order valence-corrected chi connectivity index (χ1v) is 12.2. The van der Waals surface area contributed by atoms with E-state index in [1.54, 1.807) is 7.11 Å². The number of amides is 1. The average molecular weight is 451 g/mol. The first-order valence-electron chi connectivity index (χ1n) is 12.2. The molecule has 1 unspecified atom stereocenters. The van der Waals surface area contributed by atoms with Crippen molar-refractivity contribution in [2.45, 2.75) is 31.6 Å². The number of nitrogens with zero attached hydrogens (tertiary/aromatic N) is 1. The van der Waals surface area contributed by atoms with Gasteiger partial charge in [-0.05, 0) is 79.6 Å². The fraction of sp³-hybridized carbons (Fsp3) is 0.300. The van der Waals surface area contributed by atoms with Gasteiger partial charge in [-0.3, -0.25) is 4.79 Å². The van der Waals surface area contributed by atoms with E-state index in [0.29, 0.717) is 5.92 Å². The van der Waals surface area contributed by atoms with Crippen LogP contribution in [0.3, 0.4) is 0 Å². The summed E-state index contributed by atoms with van der Waals surface area (Å²) in [5.74, 6) is 1.37. The zero-order valence-corrected chi connectivity index (χ0v) is 19.8. The summed E-state index contributed by atoms with van der Waals surface area (Å²) < 4.78 is 5.60. The third-order valence-electron chi connectivity index (χ3n) is 8.10. The molecule has 2 atom stereocenters. The second kappa shape index (κ2) is 8.05. The normalized spacial score (nSPS) is 21.7. The Hall–Kier alpha value is -3.53.